The van der Waals surface area contributed by atoms with Crippen LogP contribution < -0.4 is 15.4 Å². The Hall–Kier alpha value is -3.27. The smallest absolute Gasteiger partial charge is 0.243 e. The van der Waals surface area contributed by atoms with Crippen molar-refractivity contribution in [1.29, 1.82) is 0 Å². The van der Waals surface area contributed by atoms with Crippen LogP contribution in [0.25, 0.3) is 0 Å². The average Bonchev–Trinajstić information content (AvgIpc) is 2.66. The molecule has 3 aromatic carbocycles. The molecule has 0 spiro atoms. The molecule has 0 aliphatic rings. The number of amides is 1. The summed E-state index contributed by atoms with van der Waals surface area (Å²) in [6.45, 7) is 4.72. The third kappa shape index (κ3) is 5.61. The van der Waals surface area contributed by atoms with Crippen molar-refractivity contribution in [2.24, 2.45) is 0 Å². The van der Waals surface area contributed by atoms with E-state index in [0.29, 0.717) is 18.0 Å². The molecule has 4 nitrogen and oxygen atoms in total. The second-order valence-electron chi connectivity index (χ2n) is 6.55. The van der Waals surface area contributed by atoms with Crippen molar-refractivity contribution in [1.82, 2.24) is 0 Å². The lowest BCUT2D eigenvalue weighted by Gasteiger charge is -2.13. The number of hydrogen-bond acceptors (Lipinski definition) is 3. The highest BCUT2D eigenvalue weighted by atomic mass is 16.5. The third-order valence-corrected chi connectivity index (χ3v) is 4.07. The highest BCUT2D eigenvalue weighted by Gasteiger charge is 2.08. The minimum absolute atomic E-state index is 0.120. The summed E-state index contributed by atoms with van der Waals surface area (Å²) in [5.41, 5.74) is 5.02. The molecule has 0 saturated heterocycles. The van der Waals surface area contributed by atoms with E-state index in [0.717, 1.165) is 22.4 Å². The van der Waals surface area contributed by atoms with Crippen molar-refractivity contribution < 1.29 is 9.53 Å². The SMILES string of the molecule is Cc1cc(C)cc(NCC(=O)Nc2ccccc2OCc2ccccc2)c1. The fourth-order valence-corrected chi connectivity index (χ4v) is 2.88. The Bertz CT molecular complexity index is 887. The van der Waals surface area contributed by atoms with E-state index >= 15 is 0 Å². The number of carbonyl (C=O) groups is 1. The second kappa shape index (κ2) is 8.90. The number of nitrogens with one attached hydrogen (secondary N) is 2. The van der Waals surface area contributed by atoms with Crippen LogP contribution in [0.3, 0.4) is 0 Å². The van der Waals surface area contributed by atoms with Crippen LogP contribution >= 0.6 is 0 Å². The Morgan fingerprint density at radius 2 is 1.56 bits per heavy atom. The molecule has 0 saturated carbocycles. The Kier molecular flexibility index (Phi) is 6.10. The molecule has 0 radical (unpaired) electrons. The maximum Gasteiger partial charge on any atom is 0.243 e. The summed E-state index contributed by atoms with van der Waals surface area (Å²) in [6.07, 6.45) is 0. The molecule has 3 aromatic rings. The van der Waals surface area contributed by atoms with Gasteiger partial charge in [-0.1, -0.05) is 48.5 Å². The Morgan fingerprint density at radius 1 is 0.889 bits per heavy atom. The first-order valence-corrected chi connectivity index (χ1v) is 8.98. The van der Waals surface area contributed by atoms with Gasteiger partial charge in [0, 0.05) is 5.69 Å². The minimum atomic E-state index is -0.120. The molecule has 0 aliphatic heterocycles. The van der Waals surface area contributed by atoms with Crippen LogP contribution in [0.1, 0.15) is 16.7 Å². The maximum absolute atomic E-state index is 12.4. The van der Waals surface area contributed by atoms with E-state index in [4.69, 9.17) is 4.74 Å². The zero-order valence-corrected chi connectivity index (χ0v) is 15.7. The molecule has 1 amide bonds. The highest BCUT2D eigenvalue weighted by Crippen LogP contribution is 2.24. The normalized spacial score (nSPS) is 10.3. The van der Waals surface area contributed by atoms with Crippen LogP contribution in [0.4, 0.5) is 11.4 Å². The van der Waals surface area contributed by atoms with Crippen molar-refractivity contribution in [2.45, 2.75) is 20.5 Å². The summed E-state index contributed by atoms with van der Waals surface area (Å²) < 4.78 is 5.88. The van der Waals surface area contributed by atoms with E-state index in [9.17, 15) is 4.79 Å². The molecule has 0 unspecified atom stereocenters. The number of ether oxygens (including phenoxy) is 1. The van der Waals surface area contributed by atoms with Gasteiger partial charge in [-0.25, -0.2) is 0 Å². The zero-order valence-electron chi connectivity index (χ0n) is 15.7. The Labute approximate surface area is 160 Å². The van der Waals surface area contributed by atoms with Crippen molar-refractivity contribution in [3.63, 3.8) is 0 Å². The molecule has 138 valence electrons. The molecule has 3 rings (SSSR count). The zero-order chi connectivity index (χ0) is 19.1. The quantitative estimate of drug-likeness (QED) is 0.628. The molecule has 2 N–H and O–H groups in total. The summed E-state index contributed by atoms with van der Waals surface area (Å²) in [5.74, 6) is 0.533. The number of hydrogen-bond donors (Lipinski definition) is 2. The van der Waals surface area contributed by atoms with Crippen LogP contribution in [0, 0.1) is 13.8 Å². The Balaban J connectivity index is 1.59. The molecule has 0 aromatic heterocycles. The molecular formula is C23H24N2O2. The van der Waals surface area contributed by atoms with Crippen LogP contribution in [0.5, 0.6) is 5.75 Å². The fraction of sp³-hybridized carbons (Fsp3) is 0.174. The first kappa shape index (κ1) is 18.5. The number of carbonyl (C=O) groups excluding carboxylic acids is 1. The van der Waals surface area contributed by atoms with Gasteiger partial charge in [0.15, 0.2) is 0 Å². The molecule has 0 bridgehead atoms. The van der Waals surface area contributed by atoms with Crippen molar-refractivity contribution in [2.75, 3.05) is 17.2 Å². The van der Waals surface area contributed by atoms with Gasteiger partial charge in [-0.15, -0.1) is 0 Å². The molecule has 0 heterocycles. The monoisotopic (exact) mass is 360 g/mol. The lowest BCUT2D eigenvalue weighted by Crippen LogP contribution is -2.22. The maximum atomic E-state index is 12.4. The van der Waals surface area contributed by atoms with E-state index in [2.05, 4.69) is 16.7 Å². The number of para-hydroxylation sites is 2. The number of anilines is 2. The molecule has 27 heavy (non-hydrogen) atoms. The predicted octanol–water partition coefficient (Wildman–Crippen LogP) is 4.93. The summed E-state index contributed by atoms with van der Waals surface area (Å²) in [7, 11) is 0. The summed E-state index contributed by atoms with van der Waals surface area (Å²) in [5, 5.41) is 6.09. The number of benzene rings is 3. The van der Waals surface area contributed by atoms with Gasteiger partial charge in [0.05, 0.1) is 12.2 Å². The van der Waals surface area contributed by atoms with Crippen LogP contribution in [0.2, 0.25) is 0 Å². The van der Waals surface area contributed by atoms with Crippen LogP contribution in [0.15, 0.2) is 72.8 Å². The second-order valence-corrected chi connectivity index (χ2v) is 6.55. The van der Waals surface area contributed by atoms with Gasteiger partial charge >= 0.3 is 0 Å². The van der Waals surface area contributed by atoms with E-state index in [1.807, 2.05) is 80.6 Å². The van der Waals surface area contributed by atoms with Gasteiger partial charge in [0.1, 0.15) is 12.4 Å². The lowest BCUT2D eigenvalue weighted by atomic mass is 10.1. The summed E-state index contributed by atoms with van der Waals surface area (Å²) in [6, 6.07) is 23.6. The largest absolute Gasteiger partial charge is 0.487 e. The van der Waals surface area contributed by atoms with Gasteiger partial charge < -0.3 is 15.4 Å². The van der Waals surface area contributed by atoms with Crippen LogP contribution in [-0.2, 0) is 11.4 Å². The summed E-state index contributed by atoms with van der Waals surface area (Å²) >= 11 is 0. The average molecular weight is 360 g/mol. The molecule has 4 heteroatoms. The molecule has 0 atom stereocenters. The fourth-order valence-electron chi connectivity index (χ4n) is 2.88. The molecular weight excluding hydrogens is 336 g/mol. The summed E-state index contributed by atoms with van der Waals surface area (Å²) in [4.78, 5) is 12.4. The van der Waals surface area contributed by atoms with E-state index in [-0.39, 0.29) is 12.5 Å². The van der Waals surface area contributed by atoms with E-state index in [1.165, 1.54) is 0 Å². The Morgan fingerprint density at radius 3 is 2.30 bits per heavy atom. The standard InChI is InChI=1S/C23H24N2O2/c1-17-12-18(2)14-20(13-17)24-15-23(26)25-21-10-6-7-11-22(21)27-16-19-8-4-3-5-9-19/h3-14,24H,15-16H2,1-2H3,(H,25,26). The molecule has 0 aliphatic carbocycles. The van der Waals surface area contributed by atoms with Gasteiger partial charge in [-0.3, -0.25) is 4.79 Å². The number of aryl methyl sites for hydroxylation is 2. The van der Waals surface area contributed by atoms with Gasteiger partial charge in [0.25, 0.3) is 0 Å². The minimum Gasteiger partial charge on any atom is -0.487 e. The molecule has 0 fully saturated rings. The van der Waals surface area contributed by atoms with Crippen LogP contribution in [-0.4, -0.2) is 12.5 Å². The van der Waals surface area contributed by atoms with E-state index < -0.39 is 0 Å². The van der Waals surface area contributed by atoms with Gasteiger partial charge in [-0.2, -0.15) is 0 Å². The number of rotatable bonds is 7. The lowest BCUT2D eigenvalue weighted by molar-refractivity contribution is -0.114. The first-order chi connectivity index (χ1) is 13.1. The predicted molar refractivity (Wildman–Crippen MR) is 110 cm³/mol. The van der Waals surface area contributed by atoms with Crippen molar-refractivity contribution in [3.05, 3.63) is 89.5 Å². The third-order valence-electron chi connectivity index (χ3n) is 4.07. The van der Waals surface area contributed by atoms with Crippen molar-refractivity contribution >= 4 is 17.3 Å². The van der Waals surface area contributed by atoms with Crippen molar-refractivity contribution in [3.8, 4) is 5.75 Å². The van der Waals surface area contributed by atoms with E-state index in [1.54, 1.807) is 0 Å². The van der Waals surface area contributed by atoms with Gasteiger partial charge in [0.2, 0.25) is 5.91 Å². The topological polar surface area (TPSA) is 50.4 Å². The first-order valence-electron chi connectivity index (χ1n) is 8.98. The van der Waals surface area contributed by atoms with Gasteiger partial charge in [-0.05, 0) is 54.8 Å². The highest BCUT2D eigenvalue weighted by molar-refractivity contribution is 5.95.